The number of nitrogens with one attached hydrogen (secondary N) is 2. The summed E-state index contributed by atoms with van der Waals surface area (Å²) in [7, 11) is 0. The number of nitroso groups, excluding NO2 is 1. The summed E-state index contributed by atoms with van der Waals surface area (Å²) in [4.78, 5) is 25.0. The molecule has 1 heterocycles. The summed E-state index contributed by atoms with van der Waals surface area (Å²) in [6.07, 6.45) is 1.94. The van der Waals surface area contributed by atoms with Gasteiger partial charge in [-0.3, -0.25) is 4.79 Å². The second-order valence-electron chi connectivity index (χ2n) is 7.49. The van der Waals surface area contributed by atoms with Crippen molar-refractivity contribution in [1.29, 1.82) is 0 Å². The van der Waals surface area contributed by atoms with E-state index in [1.807, 2.05) is 110 Å². The Morgan fingerprint density at radius 2 is 1.31 bits per heavy atom. The molecule has 39 heavy (non-hydrogen) atoms. The fourth-order valence-electron chi connectivity index (χ4n) is 3.82. The lowest BCUT2D eigenvalue weighted by Crippen LogP contribution is -2.35. The van der Waals surface area contributed by atoms with Crippen LogP contribution in [-0.4, -0.2) is 10.7 Å². The standard InChI is InChI=1S/C25H24N4O2.4C2H6/c1-3-18(4-2)26-19-14-15-22(28-31)23(16-19)29-25(30)21-13-9-8-12-20(21)24(27-29)17-10-6-5-7-11-17;4*1-2/h5-16,18,26H,3-4H2,1-2H3;4*1-2H3/p+1. The van der Waals surface area contributed by atoms with E-state index in [0.717, 1.165) is 35.2 Å². The molecular weight excluding hydrogens is 484 g/mol. The molecule has 0 aliphatic carbocycles. The van der Waals surface area contributed by atoms with E-state index in [1.54, 1.807) is 18.2 Å². The van der Waals surface area contributed by atoms with Gasteiger partial charge in [0.15, 0.2) is 0 Å². The van der Waals surface area contributed by atoms with E-state index in [-0.39, 0.29) is 11.2 Å². The molecule has 0 aliphatic heterocycles. The minimum Gasteiger partial charge on any atom is -0.382 e. The van der Waals surface area contributed by atoms with Gasteiger partial charge < -0.3 is 5.32 Å². The zero-order valence-electron chi connectivity index (χ0n) is 25.6. The first kappa shape index (κ1) is 35.2. The number of anilines is 1. The normalized spacial score (nSPS) is 9.41. The molecular formula is C33H49N4O2+. The number of H-pyrrole nitrogens is 1. The first-order valence-corrected chi connectivity index (χ1v) is 14.5. The third-order valence-corrected chi connectivity index (χ3v) is 5.59. The molecule has 0 atom stereocenters. The summed E-state index contributed by atoms with van der Waals surface area (Å²) in [6.45, 7) is 20.2. The smallest absolute Gasteiger partial charge is 0.314 e. The summed E-state index contributed by atoms with van der Waals surface area (Å²) < 4.78 is 1.42. The van der Waals surface area contributed by atoms with Gasteiger partial charge in [0.2, 0.25) is 5.69 Å². The van der Waals surface area contributed by atoms with Crippen LogP contribution in [0.4, 0.5) is 11.4 Å². The average Bonchev–Trinajstić information content (AvgIpc) is 3.04. The quantitative estimate of drug-likeness (QED) is 0.240. The lowest BCUT2D eigenvalue weighted by molar-refractivity contribution is -0.468. The van der Waals surface area contributed by atoms with E-state index in [9.17, 15) is 9.70 Å². The largest absolute Gasteiger partial charge is 0.382 e. The van der Waals surface area contributed by atoms with Crippen LogP contribution < -0.4 is 16.0 Å². The van der Waals surface area contributed by atoms with Crippen molar-refractivity contribution in [2.75, 3.05) is 5.32 Å². The molecule has 0 unspecified atom stereocenters. The summed E-state index contributed by atoms with van der Waals surface area (Å²) in [5.41, 5.74) is 2.96. The predicted octanol–water partition coefficient (Wildman–Crippen LogP) is 9.58. The Kier molecular flexibility index (Phi) is 18.2. The maximum Gasteiger partial charge on any atom is 0.314 e. The van der Waals surface area contributed by atoms with Crippen LogP contribution in [0.1, 0.15) is 82.1 Å². The minimum absolute atomic E-state index is 0.197. The van der Waals surface area contributed by atoms with Gasteiger partial charge in [-0.05, 0) is 60.5 Å². The van der Waals surface area contributed by atoms with Crippen molar-refractivity contribution in [3.8, 4) is 16.9 Å². The molecule has 0 aliphatic rings. The van der Waals surface area contributed by atoms with Crippen molar-refractivity contribution >= 4 is 22.1 Å². The van der Waals surface area contributed by atoms with E-state index in [0.29, 0.717) is 17.1 Å². The van der Waals surface area contributed by atoms with E-state index >= 15 is 0 Å². The Hall–Kier alpha value is -3.80. The lowest BCUT2D eigenvalue weighted by Gasteiger charge is -2.17. The summed E-state index contributed by atoms with van der Waals surface area (Å²) in [5, 5.41) is 11.3. The molecule has 6 nitrogen and oxygen atoms in total. The molecule has 0 radical (unpaired) electrons. The number of rotatable bonds is 7. The van der Waals surface area contributed by atoms with Crippen LogP contribution in [0.25, 0.3) is 27.7 Å². The van der Waals surface area contributed by atoms with Crippen molar-refractivity contribution in [1.82, 2.24) is 4.68 Å². The molecule has 0 bridgehead atoms. The first-order chi connectivity index (χ1) is 19.2. The zero-order chi connectivity index (χ0) is 29.8. The second kappa shape index (κ2) is 20.2. The molecule has 1 aromatic heterocycles. The van der Waals surface area contributed by atoms with Gasteiger partial charge in [0, 0.05) is 17.3 Å². The van der Waals surface area contributed by atoms with Crippen LogP contribution >= 0.6 is 0 Å². The summed E-state index contributed by atoms with van der Waals surface area (Å²) in [5.74, 6) is 0. The topological polar surface area (TPSA) is 77.6 Å². The SMILES string of the molecule is CC.CC.CC.CC.CCC(CC)Nc1ccc(N=O)c(-n2[nH+]c(-c3ccccc3)c3ccccc3c2=O)c1. The monoisotopic (exact) mass is 533 g/mol. The number of aromatic nitrogens is 2. The molecule has 212 valence electrons. The Morgan fingerprint density at radius 3 is 1.85 bits per heavy atom. The van der Waals surface area contributed by atoms with E-state index in [1.165, 1.54) is 4.68 Å². The summed E-state index contributed by atoms with van der Waals surface area (Å²) >= 11 is 0. The van der Waals surface area contributed by atoms with Gasteiger partial charge in [0.05, 0.1) is 10.8 Å². The van der Waals surface area contributed by atoms with Crippen molar-refractivity contribution in [3.63, 3.8) is 0 Å². The van der Waals surface area contributed by atoms with E-state index in [2.05, 4.69) is 29.4 Å². The highest BCUT2D eigenvalue weighted by atomic mass is 16.3. The fourth-order valence-corrected chi connectivity index (χ4v) is 3.82. The van der Waals surface area contributed by atoms with Crippen molar-refractivity contribution < 1.29 is 5.10 Å². The predicted molar refractivity (Wildman–Crippen MR) is 170 cm³/mol. The van der Waals surface area contributed by atoms with Gasteiger partial charge in [-0.1, -0.05) is 104 Å². The highest BCUT2D eigenvalue weighted by molar-refractivity contribution is 5.92. The van der Waals surface area contributed by atoms with Gasteiger partial charge in [0.1, 0.15) is 11.4 Å². The van der Waals surface area contributed by atoms with Gasteiger partial charge in [0.25, 0.3) is 0 Å². The minimum atomic E-state index is -0.236. The maximum atomic E-state index is 13.4. The van der Waals surface area contributed by atoms with Crippen molar-refractivity contribution in [3.05, 3.63) is 88.1 Å². The highest BCUT2D eigenvalue weighted by Gasteiger charge is 2.21. The number of fused-ring (bicyclic) bond motifs is 1. The third kappa shape index (κ3) is 9.17. The molecule has 4 aromatic rings. The van der Waals surface area contributed by atoms with E-state index < -0.39 is 0 Å². The molecule has 0 fully saturated rings. The summed E-state index contributed by atoms with van der Waals surface area (Å²) in [6, 6.07) is 22.9. The molecule has 3 aromatic carbocycles. The molecule has 2 N–H and O–H groups in total. The second-order valence-corrected chi connectivity index (χ2v) is 7.49. The molecule has 0 saturated carbocycles. The highest BCUT2D eigenvalue weighted by Crippen LogP contribution is 2.28. The van der Waals surface area contributed by atoms with Crippen LogP contribution in [-0.2, 0) is 0 Å². The lowest BCUT2D eigenvalue weighted by atomic mass is 10.1. The van der Waals surface area contributed by atoms with Crippen molar-refractivity contribution in [2.45, 2.75) is 88.1 Å². The first-order valence-electron chi connectivity index (χ1n) is 14.5. The zero-order valence-corrected chi connectivity index (χ0v) is 25.6. The molecule has 4 rings (SSSR count). The number of hydrogen-bond acceptors (Lipinski definition) is 4. The average molecular weight is 534 g/mol. The molecule has 0 saturated heterocycles. The van der Waals surface area contributed by atoms with Crippen molar-refractivity contribution in [2.24, 2.45) is 5.18 Å². The van der Waals surface area contributed by atoms with E-state index in [4.69, 9.17) is 0 Å². The Labute approximate surface area is 235 Å². The number of hydrogen-bond donors (Lipinski definition) is 1. The Morgan fingerprint density at radius 1 is 0.769 bits per heavy atom. The van der Waals surface area contributed by atoms with Gasteiger partial charge in [-0.15, -0.1) is 10.0 Å². The molecule has 6 heteroatoms. The van der Waals surface area contributed by atoms with Gasteiger partial charge in [-0.2, -0.15) is 0 Å². The van der Waals surface area contributed by atoms with Crippen LogP contribution in [0.2, 0.25) is 0 Å². The van der Waals surface area contributed by atoms with Crippen LogP contribution in [0.3, 0.4) is 0 Å². The fraction of sp³-hybridized carbons (Fsp3) is 0.394. The van der Waals surface area contributed by atoms with Crippen LogP contribution in [0.15, 0.2) is 82.8 Å². The Balaban J connectivity index is 0.00000166. The molecule has 0 amide bonds. The number of benzene rings is 3. The van der Waals surface area contributed by atoms with Crippen LogP contribution in [0, 0.1) is 4.91 Å². The molecule has 0 spiro atoms. The number of aromatic amines is 1. The Bertz CT molecular complexity index is 1280. The number of nitrogens with zero attached hydrogens (tertiary/aromatic N) is 2. The maximum absolute atomic E-state index is 13.4. The van der Waals surface area contributed by atoms with Gasteiger partial charge >= 0.3 is 5.56 Å². The third-order valence-electron chi connectivity index (χ3n) is 5.59. The van der Waals surface area contributed by atoms with Crippen LogP contribution in [0.5, 0.6) is 0 Å². The van der Waals surface area contributed by atoms with Gasteiger partial charge in [-0.25, -0.2) is 0 Å².